The SMILES string of the molecule is CC1(C(=O)N2Cc3ccc(O)cc3CC2C(=O)N2CCN(c3ccc4c(c3)OCO4)CC2)CCCC1. The van der Waals surface area contributed by atoms with E-state index >= 15 is 0 Å². The van der Waals surface area contributed by atoms with E-state index in [1.54, 1.807) is 12.1 Å². The van der Waals surface area contributed by atoms with Crippen molar-refractivity contribution >= 4 is 17.5 Å². The highest BCUT2D eigenvalue weighted by Gasteiger charge is 2.45. The minimum absolute atomic E-state index is 0.00396. The molecule has 0 bridgehead atoms. The van der Waals surface area contributed by atoms with Crippen LogP contribution in [-0.2, 0) is 22.6 Å². The van der Waals surface area contributed by atoms with Gasteiger partial charge in [-0.25, -0.2) is 0 Å². The van der Waals surface area contributed by atoms with Gasteiger partial charge in [-0.1, -0.05) is 25.8 Å². The van der Waals surface area contributed by atoms with Gasteiger partial charge in [-0.2, -0.15) is 0 Å². The standard InChI is InChI=1S/C28H33N3O5/c1-28(8-2-3-9-28)27(34)31-17-19-4-6-22(32)14-20(19)15-23(31)26(33)30-12-10-29(11-13-30)21-5-7-24-25(16-21)36-18-35-24/h4-7,14,16,23,32H,2-3,8-13,15,17-18H2,1H3. The van der Waals surface area contributed by atoms with Crippen molar-refractivity contribution in [1.82, 2.24) is 9.80 Å². The van der Waals surface area contributed by atoms with Gasteiger partial charge in [0.05, 0.1) is 0 Å². The molecule has 36 heavy (non-hydrogen) atoms. The maximum absolute atomic E-state index is 13.9. The van der Waals surface area contributed by atoms with Crippen LogP contribution in [0.25, 0.3) is 0 Å². The molecule has 8 heteroatoms. The number of anilines is 1. The Bertz CT molecular complexity index is 1180. The number of carbonyl (C=O) groups is 2. The lowest BCUT2D eigenvalue weighted by Crippen LogP contribution is -2.59. The first kappa shape index (κ1) is 23.0. The predicted molar refractivity (Wildman–Crippen MR) is 134 cm³/mol. The van der Waals surface area contributed by atoms with Crippen molar-refractivity contribution in [2.24, 2.45) is 5.41 Å². The van der Waals surface area contributed by atoms with Crippen molar-refractivity contribution in [1.29, 1.82) is 0 Å². The molecule has 2 aromatic rings. The molecule has 2 fully saturated rings. The van der Waals surface area contributed by atoms with Crippen LogP contribution in [-0.4, -0.2) is 65.7 Å². The number of phenols is 1. The summed E-state index contributed by atoms with van der Waals surface area (Å²) < 4.78 is 10.9. The van der Waals surface area contributed by atoms with E-state index in [4.69, 9.17) is 9.47 Å². The molecule has 1 N–H and O–H groups in total. The van der Waals surface area contributed by atoms with E-state index in [1.165, 1.54) is 0 Å². The lowest BCUT2D eigenvalue weighted by atomic mass is 9.84. The lowest BCUT2D eigenvalue weighted by Gasteiger charge is -2.43. The van der Waals surface area contributed by atoms with Crippen LogP contribution in [0.4, 0.5) is 5.69 Å². The second-order valence-corrected chi connectivity index (χ2v) is 10.7. The van der Waals surface area contributed by atoms with Crippen LogP contribution in [0.1, 0.15) is 43.7 Å². The molecule has 1 saturated carbocycles. The highest BCUT2D eigenvalue weighted by atomic mass is 16.7. The number of hydrogen-bond acceptors (Lipinski definition) is 6. The second kappa shape index (κ2) is 8.91. The summed E-state index contributed by atoms with van der Waals surface area (Å²) in [6, 6.07) is 10.7. The van der Waals surface area contributed by atoms with Crippen LogP contribution in [0, 0.1) is 5.41 Å². The molecular weight excluding hydrogens is 458 g/mol. The average molecular weight is 492 g/mol. The van der Waals surface area contributed by atoms with Crippen LogP contribution >= 0.6 is 0 Å². The Hall–Kier alpha value is -3.42. The highest BCUT2D eigenvalue weighted by Crippen LogP contribution is 2.41. The van der Waals surface area contributed by atoms with Gasteiger partial charge in [-0.15, -0.1) is 0 Å². The minimum Gasteiger partial charge on any atom is -0.508 e. The van der Waals surface area contributed by atoms with Gasteiger partial charge in [0.1, 0.15) is 11.8 Å². The Labute approximate surface area is 211 Å². The number of nitrogens with zero attached hydrogens (tertiary/aromatic N) is 3. The fraction of sp³-hybridized carbons (Fsp3) is 0.500. The molecule has 3 heterocycles. The maximum atomic E-state index is 13.9. The first-order valence-corrected chi connectivity index (χ1v) is 13.0. The number of piperazine rings is 1. The number of phenolic OH excluding ortho intramolecular Hbond substituents is 1. The number of rotatable bonds is 3. The zero-order chi connectivity index (χ0) is 24.9. The largest absolute Gasteiger partial charge is 0.508 e. The van der Waals surface area contributed by atoms with Gasteiger partial charge in [-0.3, -0.25) is 9.59 Å². The summed E-state index contributed by atoms with van der Waals surface area (Å²) in [4.78, 5) is 33.7. The zero-order valence-corrected chi connectivity index (χ0v) is 20.7. The summed E-state index contributed by atoms with van der Waals surface area (Å²) in [6.45, 7) is 5.32. The van der Waals surface area contributed by atoms with Gasteiger partial charge in [0, 0.05) is 56.3 Å². The Morgan fingerprint density at radius 2 is 1.69 bits per heavy atom. The number of aromatic hydroxyl groups is 1. The topological polar surface area (TPSA) is 82.6 Å². The normalized spacial score (nSPS) is 22.5. The third-order valence-corrected chi connectivity index (χ3v) is 8.40. The van der Waals surface area contributed by atoms with E-state index < -0.39 is 11.5 Å². The van der Waals surface area contributed by atoms with Crippen molar-refractivity contribution in [3.05, 3.63) is 47.5 Å². The quantitative estimate of drug-likeness (QED) is 0.710. The van der Waals surface area contributed by atoms with Gasteiger partial charge in [0.2, 0.25) is 18.6 Å². The summed E-state index contributed by atoms with van der Waals surface area (Å²) in [7, 11) is 0. The Balaban J connectivity index is 1.20. The van der Waals surface area contributed by atoms with Crippen LogP contribution < -0.4 is 14.4 Å². The van der Waals surface area contributed by atoms with Crippen molar-refractivity contribution in [2.45, 2.75) is 51.6 Å². The molecule has 3 aliphatic heterocycles. The van der Waals surface area contributed by atoms with Gasteiger partial charge in [-0.05, 0) is 48.2 Å². The van der Waals surface area contributed by atoms with E-state index in [2.05, 4.69) is 11.8 Å². The van der Waals surface area contributed by atoms with Crippen LogP contribution in [0.3, 0.4) is 0 Å². The molecule has 6 rings (SSSR count). The number of hydrogen-bond donors (Lipinski definition) is 1. The summed E-state index contributed by atoms with van der Waals surface area (Å²) in [6.07, 6.45) is 4.30. The van der Waals surface area contributed by atoms with Crippen molar-refractivity contribution in [2.75, 3.05) is 37.9 Å². The molecule has 0 aromatic heterocycles. The maximum Gasteiger partial charge on any atom is 0.245 e. The average Bonchev–Trinajstić information content (AvgIpc) is 3.56. The van der Waals surface area contributed by atoms with Gasteiger partial charge in [0.25, 0.3) is 0 Å². The molecule has 0 spiro atoms. The fourth-order valence-electron chi connectivity index (χ4n) is 6.20. The molecule has 1 unspecified atom stereocenters. The first-order chi connectivity index (χ1) is 17.4. The van der Waals surface area contributed by atoms with Crippen LogP contribution in [0.15, 0.2) is 36.4 Å². The third kappa shape index (κ3) is 4.02. The van der Waals surface area contributed by atoms with Gasteiger partial charge < -0.3 is 29.3 Å². The highest BCUT2D eigenvalue weighted by molar-refractivity contribution is 5.91. The van der Waals surface area contributed by atoms with E-state index in [9.17, 15) is 14.7 Å². The number of benzene rings is 2. The first-order valence-electron chi connectivity index (χ1n) is 13.0. The Kier molecular flexibility index (Phi) is 5.69. The molecule has 1 atom stereocenters. The predicted octanol–water partition coefficient (Wildman–Crippen LogP) is 3.30. The molecule has 1 saturated heterocycles. The van der Waals surface area contributed by atoms with E-state index in [0.717, 1.165) is 54.0 Å². The second-order valence-electron chi connectivity index (χ2n) is 10.7. The van der Waals surface area contributed by atoms with Gasteiger partial charge >= 0.3 is 0 Å². The van der Waals surface area contributed by atoms with Crippen molar-refractivity contribution in [3.63, 3.8) is 0 Å². The summed E-state index contributed by atoms with van der Waals surface area (Å²) in [5.41, 5.74) is 2.62. The summed E-state index contributed by atoms with van der Waals surface area (Å²) >= 11 is 0. The number of amides is 2. The number of carbonyl (C=O) groups excluding carboxylic acids is 2. The van der Waals surface area contributed by atoms with Crippen molar-refractivity contribution < 1.29 is 24.2 Å². The molecule has 190 valence electrons. The van der Waals surface area contributed by atoms with E-state index in [-0.39, 0.29) is 24.4 Å². The molecule has 1 aliphatic carbocycles. The Morgan fingerprint density at radius 3 is 2.47 bits per heavy atom. The van der Waals surface area contributed by atoms with E-state index in [1.807, 2.05) is 34.1 Å². The summed E-state index contributed by atoms with van der Waals surface area (Å²) in [5.74, 6) is 1.81. The van der Waals surface area contributed by atoms with E-state index in [0.29, 0.717) is 39.1 Å². The smallest absolute Gasteiger partial charge is 0.245 e. The van der Waals surface area contributed by atoms with Crippen LogP contribution in [0.2, 0.25) is 0 Å². The zero-order valence-electron chi connectivity index (χ0n) is 20.7. The third-order valence-electron chi connectivity index (χ3n) is 8.40. The van der Waals surface area contributed by atoms with Crippen molar-refractivity contribution in [3.8, 4) is 17.2 Å². The van der Waals surface area contributed by atoms with Crippen LogP contribution in [0.5, 0.6) is 17.2 Å². The molecule has 2 amide bonds. The summed E-state index contributed by atoms with van der Waals surface area (Å²) in [5, 5.41) is 10.0. The molecule has 2 aromatic carbocycles. The molecule has 4 aliphatic rings. The molecule has 0 radical (unpaired) electrons. The Morgan fingerprint density at radius 1 is 0.944 bits per heavy atom. The number of ether oxygens (including phenoxy) is 2. The van der Waals surface area contributed by atoms with Gasteiger partial charge in [0.15, 0.2) is 11.5 Å². The fourth-order valence-corrected chi connectivity index (χ4v) is 6.20. The molecule has 8 nitrogen and oxygen atoms in total. The lowest BCUT2D eigenvalue weighted by molar-refractivity contribution is -0.153. The number of fused-ring (bicyclic) bond motifs is 2. The minimum atomic E-state index is -0.540. The molecular formula is C28H33N3O5. The monoisotopic (exact) mass is 491 g/mol.